The predicted octanol–water partition coefficient (Wildman–Crippen LogP) is 2.13. The van der Waals surface area contributed by atoms with Crippen molar-refractivity contribution in [1.82, 2.24) is 15.2 Å². The quantitative estimate of drug-likeness (QED) is 0.622. The van der Waals surface area contributed by atoms with Crippen molar-refractivity contribution in [3.05, 3.63) is 16.7 Å². The molecule has 0 amide bonds. The molecule has 0 saturated carbocycles. The highest BCUT2D eigenvalue weighted by molar-refractivity contribution is 6.30. The maximum Gasteiger partial charge on any atom is 0.155 e. The van der Waals surface area contributed by atoms with Gasteiger partial charge in [0, 0.05) is 5.41 Å². The van der Waals surface area contributed by atoms with E-state index in [9.17, 15) is 0 Å². The monoisotopic (exact) mass is 185 g/mol. The minimum Gasteiger partial charge on any atom is -0.218 e. The van der Waals surface area contributed by atoms with Gasteiger partial charge in [-0.15, -0.1) is 5.10 Å². The molecular formula is C8H12ClN3. The fourth-order valence-electron chi connectivity index (χ4n) is 0.840. The molecular weight excluding hydrogens is 174 g/mol. The number of aryl methyl sites for hydroxylation is 1. The van der Waals surface area contributed by atoms with Crippen LogP contribution in [0.5, 0.6) is 0 Å². The van der Waals surface area contributed by atoms with Gasteiger partial charge in [-0.25, -0.2) is 4.98 Å². The van der Waals surface area contributed by atoms with Gasteiger partial charge in [0.25, 0.3) is 0 Å². The largest absolute Gasteiger partial charge is 0.218 e. The highest BCUT2D eigenvalue weighted by Gasteiger charge is 2.20. The molecule has 1 heterocycles. The van der Waals surface area contributed by atoms with Gasteiger partial charge in [-0.2, -0.15) is 5.10 Å². The van der Waals surface area contributed by atoms with Gasteiger partial charge in [0.1, 0.15) is 11.5 Å². The third-order valence-electron chi connectivity index (χ3n) is 1.46. The number of hydrogen-bond donors (Lipinski definition) is 0. The molecule has 66 valence electrons. The van der Waals surface area contributed by atoms with Crippen molar-refractivity contribution in [3.63, 3.8) is 0 Å². The molecule has 0 aliphatic carbocycles. The standard InChI is InChI=1S/C8H12ClN3/c1-5-10-7(9)6(12-11-5)8(2,3)4/h1-4H3. The highest BCUT2D eigenvalue weighted by atomic mass is 35.5. The van der Waals surface area contributed by atoms with Crippen molar-refractivity contribution in [3.8, 4) is 0 Å². The molecule has 0 radical (unpaired) electrons. The van der Waals surface area contributed by atoms with E-state index in [0.717, 1.165) is 5.69 Å². The number of nitrogens with zero attached hydrogens (tertiary/aromatic N) is 3. The van der Waals surface area contributed by atoms with E-state index in [1.54, 1.807) is 6.92 Å². The molecule has 1 rings (SSSR count). The van der Waals surface area contributed by atoms with Crippen LogP contribution in [0.1, 0.15) is 32.3 Å². The van der Waals surface area contributed by atoms with E-state index in [1.807, 2.05) is 20.8 Å². The fraction of sp³-hybridized carbons (Fsp3) is 0.625. The van der Waals surface area contributed by atoms with Gasteiger partial charge in [-0.1, -0.05) is 32.4 Å². The van der Waals surface area contributed by atoms with Gasteiger partial charge in [0.05, 0.1) is 0 Å². The van der Waals surface area contributed by atoms with Crippen molar-refractivity contribution >= 4 is 11.6 Å². The summed E-state index contributed by atoms with van der Waals surface area (Å²) in [5.41, 5.74) is 0.653. The Bertz CT molecular complexity index is 291. The average molecular weight is 186 g/mol. The number of hydrogen-bond acceptors (Lipinski definition) is 3. The summed E-state index contributed by atoms with van der Waals surface area (Å²) in [6.07, 6.45) is 0. The van der Waals surface area contributed by atoms with Gasteiger partial charge in [0.15, 0.2) is 5.15 Å². The van der Waals surface area contributed by atoms with E-state index in [-0.39, 0.29) is 5.41 Å². The van der Waals surface area contributed by atoms with Crippen LogP contribution in [0.4, 0.5) is 0 Å². The Labute approximate surface area is 77.2 Å². The summed E-state index contributed by atoms with van der Waals surface area (Å²) >= 11 is 5.90. The van der Waals surface area contributed by atoms with Gasteiger partial charge < -0.3 is 0 Å². The Morgan fingerprint density at radius 3 is 2.17 bits per heavy atom. The van der Waals surface area contributed by atoms with Crippen LogP contribution in [0.2, 0.25) is 5.15 Å². The zero-order valence-corrected chi connectivity index (χ0v) is 8.48. The Kier molecular flexibility index (Phi) is 2.33. The van der Waals surface area contributed by atoms with Gasteiger partial charge >= 0.3 is 0 Å². The lowest BCUT2D eigenvalue weighted by molar-refractivity contribution is 0.551. The fourth-order valence-corrected chi connectivity index (χ4v) is 1.28. The van der Waals surface area contributed by atoms with Crippen LogP contribution in [0.25, 0.3) is 0 Å². The summed E-state index contributed by atoms with van der Waals surface area (Å²) < 4.78 is 0. The van der Waals surface area contributed by atoms with Crippen LogP contribution in [0, 0.1) is 6.92 Å². The zero-order valence-electron chi connectivity index (χ0n) is 7.72. The second kappa shape index (κ2) is 2.98. The number of rotatable bonds is 0. The minimum atomic E-state index is -0.0925. The summed E-state index contributed by atoms with van der Waals surface area (Å²) in [5, 5.41) is 8.32. The molecule has 0 aliphatic rings. The Hall–Kier alpha value is -0.700. The van der Waals surface area contributed by atoms with Gasteiger partial charge in [0.2, 0.25) is 0 Å². The van der Waals surface area contributed by atoms with Gasteiger partial charge in [-0.3, -0.25) is 0 Å². The summed E-state index contributed by atoms with van der Waals surface area (Å²) in [4.78, 5) is 4.03. The molecule has 0 fully saturated rings. The van der Waals surface area contributed by atoms with Crippen LogP contribution >= 0.6 is 11.6 Å². The predicted molar refractivity (Wildman–Crippen MR) is 48.3 cm³/mol. The smallest absolute Gasteiger partial charge is 0.155 e. The van der Waals surface area contributed by atoms with Crippen molar-refractivity contribution in [2.45, 2.75) is 33.1 Å². The van der Waals surface area contributed by atoms with Gasteiger partial charge in [-0.05, 0) is 6.92 Å². The lowest BCUT2D eigenvalue weighted by Crippen LogP contribution is -2.16. The van der Waals surface area contributed by atoms with E-state index < -0.39 is 0 Å². The van der Waals surface area contributed by atoms with E-state index in [0.29, 0.717) is 11.0 Å². The second-order valence-corrected chi connectivity index (χ2v) is 4.11. The van der Waals surface area contributed by atoms with Crippen LogP contribution in [0.3, 0.4) is 0 Å². The maximum atomic E-state index is 5.90. The summed E-state index contributed by atoms with van der Waals surface area (Å²) in [6.45, 7) is 7.85. The zero-order chi connectivity index (χ0) is 9.35. The van der Waals surface area contributed by atoms with E-state index in [4.69, 9.17) is 11.6 Å². The van der Waals surface area contributed by atoms with E-state index in [2.05, 4.69) is 15.2 Å². The summed E-state index contributed by atoms with van der Waals surface area (Å²) in [5.74, 6) is 0.605. The maximum absolute atomic E-state index is 5.90. The Morgan fingerprint density at radius 1 is 1.17 bits per heavy atom. The SMILES string of the molecule is Cc1nnc(C(C)(C)C)c(Cl)n1. The number of halogens is 1. The normalized spacial score (nSPS) is 11.8. The molecule has 0 atom stereocenters. The third kappa shape index (κ3) is 1.91. The first kappa shape index (κ1) is 9.39. The minimum absolute atomic E-state index is 0.0925. The Balaban J connectivity index is 3.19. The molecule has 0 bridgehead atoms. The van der Waals surface area contributed by atoms with E-state index >= 15 is 0 Å². The van der Waals surface area contributed by atoms with Crippen molar-refractivity contribution in [2.75, 3.05) is 0 Å². The molecule has 0 unspecified atom stereocenters. The average Bonchev–Trinajstić information content (AvgIpc) is 1.83. The molecule has 1 aromatic heterocycles. The van der Waals surface area contributed by atoms with Crippen LogP contribution < -0.4 is 0 Å². The topological polar surface area (TPSA) is 38.7 Å². The van der Waals surface area contributed by atoms with Crippen molar-refractivity contribution in [1.29, 1.82) is 0 Å². The molecule has 0 aliphatic heterocycles. The third-order valence-corrected chi connectivity index (χ3v) is 1.72. The Morgan fingerprint density at radius 2 is 1.75 bits per heavy atom. The van der Waals surface area contributed by atoms with Crippen LogP contribution in [-0.4, -0.2) is 15.2 Å². The molecule has 0 aromatic carbocycles. The molecule has 1 aromatic rings. The first-order valence-electron chi connectivity index (χ1n) is 3.78. The molecule has 3 nitrogen and oxygen atoms in total. The van der Waals surface area contributed by atoms with Crippen molar-refractivity contribution in [2.24, 2.45) is 0 Å². The molecule has 4 heteroatoms. The number of aromatic nitrogens is 3. The van der Waals surface area contributed by atoms with Crippen LogP contribution in [0.15, 0.2) is 0 Å². The van der Waals surface area contributed by atoms with Crippen LogP contribution in [-0.2, 0) is 5.41 Å². The molecule has 0 saturated heterocycles. The second-order valence-electron chi connectivity index (χ2n) is 3.75. The van der Waals surface area contributed by atoms with E-state index in [1.165, 1.54) is 0 Å². The summed E-state index contributed by atoms with van der Waals surface area (Å²) in [6, 6.07) is 0. The molecule has 0 N–H and O–H groups in total. The lowest BCUT2D eigenvalue weighted by Gasteiger charge is -2.17. The first-order chi connectivity index (χ1) is 5.41. The lowest BCUT2D eigenvalue weighted by atomic mass is 9.93. The highest BCUT2D eigenvalue weighted by Crippen LogP contribution is 2.24. The van der Waals surface area contributed by atoms with Crippen molar-refractivity contribution < 1.29 is 0 Å². The summed E-state index contributed by atoms with van der Waals surface area (Å²) in [7, 11) is 0. The molecule has 0 spiro atoms. The molecule has 12 heavy (non-hydrogen) atoms. The first-order valence-corrected chi connectivity index (χ1v) is 4.16.